The van der Waals surface area contributed by atoms with Gasteiger partial charge in [0, 0.05) is 16.5 Å². The molecule has 3 aliphatic rings. The number of rotatable bonds is 8. The largest absolute Gasteiger partial charge is 0.497 e. The Hall–Kier alpha value is -4.33. The van der Waals surface area contributed by atoms with Crippen molar-refractivity contribution in [3.8, 4) is 17.0 Å². The van der Waals surface area contributed by atoms with Crippen LogP contribution in [-0.2, 0) is 16.0 Å². The molecule has 8 nitrogen and oxygen atoms in total. The highest BCUT2D eigenvalue weighted by molar-refractivity contribution is 6.03. The average molecular weight is 664 g/mol. The number of hydrogen-bond acceptors (Lipinski definition) is 6. The molecule has 0 unspecified atom stereocenters. The Morgan fingerprint density at radius 3 is 2.37 bits per heavy atom. The Morgan fingerprint density at radius 1 is 0.959 bits per heavy atom. The number of carbonyl (C=O) groups excluding carboxylic acids is 2. The third kappa shape index (κ3) is 6.19. The quantitative estimate of drug-likeness (QED) is 0.175. The van der Waals surface area contributed by atoms with Crippen LogP contribution in [0.5, 0.6) is 5.75 Å². The first kappa shape index (κ1) is 33.2. The molecule has 3 heterocycles. The normalized spacial score (nSPS) is 16.6. The lowest BCUT2D eigenvalue weighted by molar-refractivity contribution is 0.00693. The summed E-state index contributed by atoms with van der Waals surface area (Å²) in [5.74, 6) is 0.535. The number of esters is 2. The van der Waals surface area contributed by atoms with E-state index in [2.05, 4.69) is 47.4 Å². The molecule has 2 aliphatic carbocycles. The van der Waals surface area contributed by atoms with Gasteiger partial charge in [0.1, 0.15) is 16.9 Å². The predicted molar refractivity (Wildman–Crippen MR) is 193 cm³/mol. The molecule has 49 heavy (non-hydrogen) atoms. The van der Waals surface area contributed by atoms with E-state index in [0.717, 1.165) is 65.0 Å². The molecule has 8 heteroatoms. The molecule has 0 amide bonds. The highest BCUT2D eigenvalue weighted by atomic mass is 16.6. The van der Waals surface area contributed by atoms with Gasteiger partial charge in [0.15, 0.2) is 0 Å². The molecule has 4 aromatic rings. The second-order valence-corrected chi connectivity index (χ2v) is 15.2. The number of benzene rings is 2. The minimum absolute atomic E-state index is 0.0363. The molecule has 258 valence electrons. The fourth-order valence-corrected chi connectivity index (χ4v) is 7.80. The fourth-order valence-electron chi connectivity index (χ4n) is 7.80. The number of aromatic nitrogens is 3. The Bertz CT molecular complexity index is 1960. The van der Waals surface area contributed by atoms with E-state index in [1.807, 2.05) is 45.9 Å². The molecule has 7 rings (SSSR count). The van der Waals surface area contributed by atoms with Crippen LogP contribution in [0.3, 0.4) is 0 Å². The first-order valence-corrected chi connectivity index (χ1v) is 18.1. The summed E-state index contributed by atoms with van der Waals surface area (Å²) in [6.45, 7) is 12.5. The molecule has 0 atom stereocenters. The predicted octanol–water partition coefficient (Wildman–Crippen LogP) is 9.71. The van der Waals surface area contributed by atoms with Crippen LogP contribution in [-0.4, -0.2) is 45.6 Å². The van der Waals surface area contributed by atoms with Gasteiger partial charge in [0.25, 0.3) is 0 Å². The molecule has 2 saturated carbocycles. The Morgan fingerprint density at radius 2 is 1.71 bits per heavy atom. The van der Waals surface area contributed by atoms with E-state index in [1.165, 1.54) is 35.9 Å². The zero-order valence-corrected chi connectivity index (χ0v) is 30.0. The molecule has 0 N–H and O–H groups in total. The summed E-state index contributed by atoms with van der Waals surface area (Å²) in [5, 5.41) is 6.29. The van der Waals surface area contributed by atoms with Crippen molar-refractivity contribution in [1.29, 1.82) is 0 Å². The maximum atomic E-state index is 13.8. The molecule has 0 saturated heterocycles. The second kappa shape index (κ2) is 12.8. The lowest BCUT2D eigenvalue weighted by Gasteiger charge is -2.24. The van der Waals surface area contributed by atoms with Gasteiger partial charge < -0.3 is 18.8 Å². The number of fused-ring (bicyclic) bond motifs is 5. The van der Waals surface area contributed by atoms with Crippen LogP contribution in [0, 0.1) is 0 Å². The van der Waals surface area contributed by atoms with Gasteiger partial charge in [-0.05, 0) is 118 Å². The van der Waals surface area contributed by atoms with E-state index in [0.29, 0.717) is 23.6 Å². The topological polar surface area (TPSA) is 84.6 Å². The zero-order chi connectivity index (χ0) is 34.6. The van der Waals surface area contributed by atoms with Gasteiger partial charge in [-0.1, -0.05) is 39.2 Å². The van der Waals surface area contributed by atoms with E-state index < -0.39 is 5.60 Å². The molecule has 1 aliphatic heterocycles. The third-order valence-corrected chi connectivity index (χ3v) is 10.1. The summed E-state index contributed by atoms with van der Waals surface area (Å²) >= 11 is 0. The highest BCUT2D eigenvalue weighted by Crippen LogP contribution is 2.49. The van der Waals surface area contributed by atoms with Gasteiger partial charge in [0.2, 0.25) is 0 Å². The maximum absolute atomic E-state index is 13.8. The molecular formula is C41H49N3O5. The smallest absolute Gasteiger partial charge is 0.342 e. The molecule has 2 aromatic heterocycles. The minimum Gasteiger partial charge on any atom is -0.497 e. The van der Waals surface area contributed by atoms with E-state index in [-0.39, 0.29) is 30.5 Å². The van der Waals surface area contributed by atoms with E-state index in [9.17, 15) is 9.59 Å². The Kier molecular flexibility index (Phi) is 8.70. The maximum Gasteiger partial charge on any atom is 0.342 e. The van der Waals surface area contributed by atoms with Crippen molar-refractivity contribution in [3.05, 3.63) is 70.0 Å². The lowest BCUT2D eigenvalue weighted by Crippen LogP contribution is -2.23. The molecule has 0 bridgehead atoms. The number of nitrogens with zero attached hydrogens (tertiary/aromatic N) is 3. The number of allylic oxidation sites excluding steroid dienone is 1. The SMILES string of the molecule is CCOC(=O)c1c(C(C)C)nn(C2CC2)c1C1=Cc2cc(OC)ccc2-c2c(C3CCCCC3)c3ccc(C(=O)OC(C)(C)C)cc3n2C1. The fraction of sp³-hybridized carbons (Fsp3) is 0.488. The van der Waals surface area contributed by atoms with Crippen molar-refractivity contribution in [2.24, 2.45) is 0 Å². The first-order valence-electron chi connectivity index (χ1n) is 18.1. The summed E-state index contributed by atoms with van der Waals surface area (Å²) in [7, 11) is 1.70. The van der Waals surface area contributed by atoms with Crippen molar-refractivity contribution in [3.63, 3.8) is 0 Å². The summed E-state index contributed by atoms with van der Waals surface area (Å²) in [5.41, 5.74) is 8.71. The Labute approximate surface area is 289 Å². The molecule has 0 spiro atoms. The lowest BCUT2D eigenvalue weighted by atomic mass is 9.81. The van der Waals surface area contributed by atoms with Crippen LogP contribution in [0.15, 0.2) is 36.4 Å². The van der Waals surface area contributed by atoms with Crippen molar-refractivity contribution >= 4 is 34.5 Å². The van der Waals surface area contributed by atoms with E-state index in [1.54, 1.807) is 7.11 Å². The van der Waals surface area contributed by atoms with E-state index >= 15 is 0 Å². The van der Waals surface area contributed by atoms with Crippen LogP contribution >= 0.6 is 0 Å². The van der Waals surface area contributed by atoms with Crippen LogP contribution in [0.25, 0.3) is 33.8 Å². The van der Waals surface area contributed by atoms with E-state index in [4.69, 9.17) is 19.3 Å². The van der Waals surface area contributed by atoms with Crippen molar-refractivity contribution in [2.45, 2.75) is 117 Å². The van der Waals surface area contributed by atoms with Crippen LogP contribution < -0.4 is 4.74 Å². The van der Waals surface area contributed by atoms with Crippen LogP contribution in [0.1, 0.15) is 148 Å². The number of carbonyl (C=O) groups is 2. The summed E-state index contributed by atoms with van der Waals surface area (Å²) < 4.78 is 21.8. The second-order valence-electron chi connectivity index (χ2n) is 15.2. The summed E-state index contributed by atoms with van der Waals surface area (Å²) in [6.07, 6.45) is 10.2. The number of hydrogen-bond donors (Lipinski definition) is 0. The monoisotopic (exact) mass is 663 g/mol. The number of ether oxygens (including phenoxy) is 3. The first-order chi connectivity index (χ1) is 23.5. The minimum atomic E-state index is -0.609. The van der Waals surface area contributed by atoms with Crippen molar-refractivity contribution < 1.29 is 23.8 Å². The standard InChI is InChI=1S/C41H49N3O5/c1-8-48-40(46)35-36(24(2)3)42-44(29-15-16-29)37(35)28-20-27-21-30(47-7)17-19-31(27)38-34(25-12-10-9-11-13-25)32-18-14-26(22-33(32)43(38)23-28)39(45)49-41(4,5)6/h14,17-22,24-25,29H,8-13,15-16,23H2,1-7H3. The van der Waals surface area contributed by atoms with Gasteiger partial charge in [0.05, 0.1) is 48.9 Å². The van der Waals surface area contributed by atoms with Crippen molar-refractivity contribution in [2.75, 3.05) is 13.7 Å². The van der Waals surface area contributed by atoms with Crippen LogP contribution in [0.2, 0.25) is 0 Å². The highest BCUT2D eigenvalue weighted by Gasteiger charge is 2.37. The summed E-state index contributed by atoms with van der Waals surface area (Å²) in [4.78, 5) is 27.3. The van der Waals surface area contributed by atoms with Gasteiger partial charge in [-0.15, -0.1) is 0 Å². The molecule has 2 fully saturated rings. The summed E-state index contributed by atoms with van der Waals surface area (Å²) in [6, 6.07) is 12.6. The van der Waals surface area contributed by atoms with Gasteiger partial charge in [-0.25, -0.2) is 9.59 Å². The number of methoxy groups -OCH3 is 1. The Balaban J connectivity index is 1.53. The van der Waals surface area contributed by atoms with Gasteiger partial charge in [-0.3, -0.25) is 4.68 Å². The molecule has 2 aromatic carbocycles. The van der Waals surface area contributed by atoms with Crippen molar-refractivity contribution in [1.82, 2.24) is 14.3 Å². The third-order valence-electron chi connectivity index (χ3n) is 10.1. The zero-order valence-electron chi connectivity index (χ0n) is 30.0. The van der Waals surface area contributed by atoms with Gasteiger partial charge >= 0.3 is 11.9 Å². The molecular weight excluding hydrogens is 614 g/mol. The molecule has 0 radical (unpaired) electrons. The average Bonchev–Trinajstić information content (AvgIpc) is 3.79. The van der Waals surface area contributed by atoms with Crippen LogP contribution in [0.4, 0.5) is 0 Å². The van der Waals surface area contributed by atoms with Gasteiger partial charge in [-0.2, -0.15) is 5.10 Å².